The number of esters is 2. The van der Waals surface area contributed by atoms with Crippen molar-refractivity contribution < 1.29 is 28.5 Å². The molecule has 10 nitrogen and oxygen atoms in total. The molecule has 0 N–H and O–H groups in total. The van der Waals surface area contributed by atoms with Gasteiger partial charge in [-0.2, -0.15) is 20.5 Å². The fourth-order valence-corrected chi connectivity index (χ4v) is 3.50. The quantitative estimate of drug-likeness (QED) is 0.0639. The van der Waals surface area contributed by atoms with Crippen molar-refractivity contribution in [1.29, 1.82) is 0 Å². The van der Waals surface area contributed by atoms with E-state index in [0.29, 0.717) is 43.5 Å². The summed E-state index contributed by atoms with van der Waals surface area (Å²) in [7, 11) is 0. The van der Waals surface area contributed by atoms with Crippen molar-refractivity contribution >= 4 is 34.7 Å². The fourth-order valence-electron chi connectivity index (χ4n) is 3.50. The number of benzene rings is 3. The summed E-state index contributed by atoms with van der Waals surface area (Å²) in [5.74, 6) is 0.652. The third-order valence-electron chi connectivity index (χ3n) is 5.85. The van der Waals surface area contributed by atoms with Crippen LogP contribution < -0.4 is 9.47 Å². The van der Waals surface area contributed by atoms with Crippen molar-refractivity contribution in [2.45, 2.75) is 32.6 Å². The molecule has 0 aliphatic rings. The van der Waals surface area contributed by atoms with E-state index in [2.05, 4.69) is 33.6 Å². The fraction of sp³-hybridized carbons (Fsp3) is 0.273. The van der Waals surface area contributed by atoms with E-state index in [0.717, 1.165) is 60.6 Å². The highest BCUT2D eigenvalue weighted by atomic mass is 16.5. The highest BCUT2D eigenvalue weighted by Gasteiger charge is 2.02. The molecule has 0 radical (unpaired) electrons. The molecule has 3 aromatic carbocycles. The number of carbonyl (C=O) groups excluding carboxylic acids is 2. The molecule has 10 heteroatoms. The number of carbonyl (C=O) groups is 2. The van der Waals surface area contributed by atoms with Gasteiger partial charge in [-0.15, -0.1) is 0 Å². The third kappa shape index (κ3) is 12.5. The normalized spacial score (nSPS) is 10.9. The average Bonchev–Trinajstić information content (AvgIpc) is 3.03. The predicted molar refractivity (Wildman–Crippen MR) is 164 cm³/mol. The predicted octanol–water partition coefficient (Wildman–Crippen LogP) is 8.60. The van der Waals surface area contributed by atoms with Crippen LogP contribution in [-0.2, 0) is 19.1 Å². The van der Waals surface area contributed by atoms with E-state index in [1.807, 2.05) is 73.7 Å². The van der Waals surface area contributed by atoms with Crippen molar-refractivity contribution in [3.63, 3.8) is 0 Å². The van der Waals surface area contributed by atoms with Gasteiger partial charge < -0.3 is 18.9 Å². The van der Waals surface area contributed by atoms with E-state index in [4.69, 9.17) is 18.9 Å². The van der Waals surface area contributed by atoms with Crippen LogP contribution >= 0.6 is 0 Å². The minimum Gasteiger partial charge on any atom is -0.494 e. The molecule has 0 atom stereocenters. The zero-order chi connectivity index (χ0) is 30.7. The Morgan fingerprint density at radius 3 is 1.51 bits per heavy atom. The van der Waals surface area contributed by atoms with E-state index >= 15 is 0 Å². The number of ether oxygens (including phenoxy) is 4. The van der Waals surface area contributed by atoms with Gasteiger partial charge in [-0.25, -0.2) is 9.59 Å². The Hall–Kier alpha value is -5.12. The van der Waals surface area contributed by atoms with E-state index in [1.165, 1.54) is 0 Å². The molecule has 0 unspecified atom stereocenters. The smallest absolute Gasteiger partial charge is 0.330 e. The van der Waals surface area contributed by atoms with E-state index in [-0.39, 0.29) is 0 Å². The molecule has 0 saturated heterocycles. The number of azo groups is 2. The van der Waals surface area contributed by atoms with E-state index in [9.17, 15) is 9.59 Å². The first-order valence-corrected chi connectivity index (χ1v) is 13.9. The van der Waals surface area contributed by atoms with Gasteiger partial charge in [0.2, 0.25) is 0 Å². The van der Waals surface area contributed by atoms with Gasteiger partial charge in [-0.1, -0.05) is 13.2 Å². The zero-order valence-corrected chi connectivity index (χ0v) is 24.3. The lowest BCUT2D eigenvalue weighted by molar-refractivity contribution is -0.138. The Bertz CT molecular complexity index is 1400. The van der Waals surface area contributed by atoms with Gasteiger partial charge in [0.1, 0.15) is 11.5 Å². The van der Waals surface area contributed by atoms with Gasteiger partial charge in [0.25, 0.3) is 0 Å². The molecule has 0 aromatic heterocycles. The van der Waals surface area contributed by atoms with Crippen LogP contribution in [0.25, 0.3) is 0 Å². The molecule has 0 heterocycles. The molecule has 0 spiro atoms. The van der Waals surface area contributed by atoms with Gasteiger partial charge in [0.05, 0.1) is 49.2 Å². The number of hydrogen-bond donors (Lipinski definition) is 0. The summed E-state index contributed by atoms with van der Waals surface area (Å²) in [6.45, 7) is 10.4. The van der Waals surface area contributed by atoms with Crippen molar-refractivity contribution in [3.8, 4) is 11.5 Å². The summed E-state index contributed by atoms with van der Waals surface area (Å²) >= 11 is 0. The van der Waals surface area contributed by atoms with E-state index < -0.39 is 11.9 Å². The van der Waals surface area contributed by atoms with E-state index in [1.54, 1.807) is 0 Å². The Kier molecular flexibility index (Phi) is 13.8. The maximum Gasteiger partial charge on any atom is 0.330 e. The van der Waals surface area contributed by atoms with Crippen molar-refractivity contribution in [1.82, 2.24) is 0 Å². The first-order chi connectivity index (χ1) is 21.0. The summed E-state index contributed by atoms with van der Waals surface area (Å²) in [5, 5.41) is 17.3. The lowest BCUT2D eigenvalue weighted by atomic mass is 10.2. The first-order valence-electron chi connectivity index (χ1n) is 13.9. The third-order valence-corrected chi connectivity index (χ3v) is 5.85. The molecular formula is C33H36N4O6. The molecule has 0 aliphatic carbocycles. The molecule has 0 saturated carbocycles. The topological polar surface area (TPSA) is 120 Å². The number of hydrogen-bond acceptors (Lipinski definition) is 10. The standard InChI is InChI=1S/C33H36N4O6/c1-4-32(38)42-22-8-6-20-40-29-16-14-28(15-17-29)35-34-26-10-12-27(13-11-26)36-37-31-19-18-30(24-25(31)3)41-21-7-9-23-43-33(39)5-2/h4-5,10-19,24H,1-2,6-9,20-23H2,3H3/b35-34+,37-36+. The summed E-state index contributed by atoms with van der Waals surface area (Å²) in [6, 6.07) is 20.3. The minimum absolute atomic E-state index is 0.349. The van der Waals surface area contributed by atoms with Crippen LogP contribution in [0.2, 0.25) is 0 Å². The lowest BCUT2D eigenvalue weighted by Crippen LogP contribution is -2.04. The Balaban J connectivity index is 1.40. The zero-order valence-electron chi connectivity index (χ0n) is 24.3. The summed E-state index contributed by atoms with van der Waals surface area (Å²) < 4.78 is 21.4. The molecule has 0 bridgehead atoms. The largest absolute Gasteiger partial charge is 0.494 e. The average molecular weight is 585 g/mol. The molecule has 3 aromatic rings. The number of rotatable bonds is 18. The molecule has 0 fully saturated rings. The van der Waals surface area contributed by atoms with Crippen LogP contribution in [-0.4, -0.2) is 38.4 Å². The Morgan fingerprint density at radius 1 is 0.605 bits per heavy atom. The Labute approximate surface area is 251 Å². The summed E-state index contributed by atoms with van der Waals surface area (Å²) in [5.41, 5.74) is 3.76. The van der Waals surface area contributed by atoms with Gasteiger partial charge in [-0.3, -0.25) is 0 Å². The Morgan fingerprint density at radius 2 is 1.02 bits per heavy atom. The second kappa shape index (κ2) is 18.3. The maximum absolute atomic E-state index is 11.0. The highest BCUT2D eigenvalue weighted by Crippen LogP contribution is 2.27. The lowest BCUT2D eigenvalue weighted by Gasteiger charge is -2.08. The molecule has 0 aliphatic heterocycles. The maximum atomic E-state index is 11.0. The second-order valence-corrected chi connectivity index (χ2v) is 9.21. The summed E-state index contributed by atoms with van der Waals surface area (Å²) in [4.78, 5) is 22.0. The highest BCUT2D eigenvalue weighted by molar-refractivity contribution is 5.81. The molecule has 43 heavy (non-hydrogen) atoms. The van der Waals surface area contributed by atoms with Crippen molar-refractivity contribution in [2.75, 3.05) is 26.4 Å². The van der Waals surface area contributed by atoms with Crippen molar-refractivity contribution in [2.24, 2.45) is 20.5 Å². The van der Waals surface area contributed by atoms with Crippen LogP contribution in [0.15, 0.2) is 112 Å². The summed E-state index contributed by atoms with van der Waals surface area (Å²) in [6.07, 6.45) is 5.27. The SMILES string of the molecule is C=CC(=O)OCCCCOc1ccc(/N=N/c2ccc(/N=N/c3ccc(OCCCCOC(=O)C=C)cc3C)cc2)cc1. The van der Waals surface area contributed by atoms with Crippen LogP contribution in [0.4, 0.5) is 22.7 Å². The monoisotopic (exact) mass is 584 g/mol. The molecule has 3 rings (SSSR count). The van der Waals surface area contributed by atoms with Crippen LogP contribution in [0.5, 0.6) is 11.5 Å². The second-order valence-electron chi connectivity index (χ2n) is 9.21. The first kappa shape index (κ1) is 32.4. The van der Waals surface area contributed by atoms with Gasteiger partial charge in [0.15, 0.2) is 0 Å². The number of nitrogens with zero attached hydrogens (tertiary/aromatic N) is 4. The van der Waals surface area contributed by atoms with Crippen LogP contribution in [0.3, 0.4) is 0 Å². The van der Waals surface area contributed by atoms with Gasteiger partial charge >= 0.3 is 11.9 Å². The van der Waals surface area contributed by atoms with Crippen LogP contribution in [0, 0.1) is 6.92 Å². The minimum atomic E-state index is -0.414. The van der Waals surface area contributed by atoms with Gasteiger partial charge in [0, 0.05) is 12.2 Å². The molecule has 224 valence electrons. The molecule has 0 amide bonds. The van der Waals surface area contributed by atoms with Crippen LogP contribution in [0.1, 0.15) is 31.2 Å². The number of unbranched alkanes of at least 4 members (excludes halogenated alkanes) is 2. The molecular weight excluding hydrogens is 548 g/mol. The van der Waals surface area contributed by atoms with Crippen molar-refractivity contribution in [3.05, 3.63) is 97.6 Å². The van der Waals surface area contributed by atoms with Gasteiger partial charge in [-0.05, 0) is 105 Å². The number of aryl methyl sites for hydroxylation is 1.